The highest BCUT2D eigenvalue weighted by molar-refractivity contribution is 7.18. The van der Waals surface area contributed by atoms with Gasteiger partial charge >= 0.3 is 0 Å². The van der Waals surface area contributed by atoms with Crippen molar-refractivity contribution < 1.29 is 5.11 Å². The second kappa shape index (κ2) is 3.58. The van der Waals surface area contributed by atoms with E-state index in [1.165, 1.54) is 0 Å². The number of fused-ring (bicyclic) bond motifs is 1. The zero-order valence-corrected chi connectivity index (χ0v) is 9.14. The van der Waals surface area contributed by atoms with Crippen molar-refractivity contribution in [2.24, 2.45) is 0 Å². The third-order valence-electron chi connectivity index (χ3n) is 2.45. The third kappa shape index (κ3) is 1.48. The van der Waals surface area contributed by atoms with Crippen molar-refractivity contribution in [2.45, 2.75) is 26.2 Å². The van der Waals surface area contributed by atoms with Crippen molar-refractivity contribution in [1.82, 2.24) is 4.98 Å². The Hall–Kier alpha value is -1.09. The lowest BCUT2D eigenvalue weighted by atomic mass is 10.1. The Balaban J connectivity index is 2.56. The maximum atomic E-state index is 9.58. The predicted molar refractivity (Wildman–Crippen MR) is 60.0 cm³/mol. The van der Waals surface area contributed by atoms with Crippen LogP contribution in [0.4, 0.5) is 0 Å². The third-order valence-corrected chi connectivity index (χ3v) is 3.70. The minimum absolute atomic E-state index is 0.285. The zero-order valence-electron chi connectivity index (χ0n) is 8.32. The molecule has 0 spiro atoms. The number of rotatable bonds is 2. The molecule has 2 aromatic rings. The van der Waals surface area contributed by atoms with Gasteiger partial charge in [-0.1, -0.05) is 19.9 Å². The number of aromatic nitrogens is 1. The first-order valence-corrected chi connectivity index (χ1v) is 5.62. The van der Waals surface area contributed by atoms with Crippen molar-refractivity contribution in [2.75, 3.05) is 0 Å². The Bertz CT molecular complexity index is 449. The van der Waals surface area contributed by atoms with Gasteiger partial charge < -0.3 is 5.11 Å². The molecule has 2 rings (SSSR count). The highest BCUT2D eigenvalue weighted by Gasteiger charge is 2.11. The number of phenolic OH excluding ortho intramolecular Hbond substituents is 1. The lowest BCUT2D eigenvalue weighted by Crippen LogP contribution is -1.88. The topological polar surface area (TPSA) is 33.1 Å². The summed E-state index contributed by atoms with van der Waals surface area (Å²) in [7, 11) is 0. The van der Waals surface area contributed by atoms with Crippen LogP contribution in [0.5, 0.6) is 5.75 Å². The minimum Gasteiger partial charge on any atom is -0.506 e. The molecule has 0 aliphatic rings. The van der Waals surface area contributed by atoms with Crippen LogP contribution in [0.3, 0.4) is 0 Å². The van der Waals surface area contributed by atoms with Crippen molar-refractivity contribution in [3.63, 3.8) is 0 Å². The molecular weight excluding hydrogens is 194 g/mol. The molecule has 0 fully saturated rings. The van der Waals surface area contributed by atoms with Gasteiger partial charge in [-0.25, -0.2) is 4.98 Å². The maximum Gasteiger partial charge on any atom is 0.142 e. The molecule has 0 saturated carbocycles. The molecule has 0 bridgehead atoms. The molecule has 0 aliphatic heterocycles. The van der Waals surface area contributed by atoms with E-state index in [9.17, 15) is 5.11 Å². The van der Waals surface area contributed by atoms with Gasteiger partial charge in [0.05, 0.1) is 9.71 Å². The first-order chi connectivity index (χ1) is 6.72. The van der Waals surface area contributed by atoms with Crippen molar-refractivity contribution >= 4 is 21.6 Å². The molecule has 1 heterocycles. The average molecular weight is 207 g/mol. The largest absolute Gasteiger partial charge is 0.506 e. The Morgan fingerprint density at radius 1 is 1.50 bits per heavy atom. The molecule has 1 aromatic heterocycles. The van der Waals surface area contributed by atoms with E-state index in [1.807, 2.05) is 12.1 Å². The average Bonchev–Trinajstić information content (AvgIpc) is 2.62. The van der Waals surface area contributed by atoms with Crippen LogP contribution in [0.2, 0.25) is 0 Å². The van der Waals surface area contributed by atoms with E-state index in [0.29, 0.717) is 5.92 Å². The van der Waals surface area contributed by atoms with Crippen LogP contribution < -0.4 is 0 Å². The van der Waals surface area contributed by atoms with Gasteiger partial charge in [-0.2, -0.15) is 0 Å². The summed E-state index contributed by atoms with van der Waals surface area (Å²) < 4.78 is 1.07. The van der Waals surface area contributed by atoms with Crippen LogP contribution >= 0.6 is 11.3 Å². The SMILES string of the molecule is CCC(C)c1nc2c(O)cccc2s1. The van der Waals surface area contributed by atoms with E-state index < -0.39 is 0 Å². The van der Waals surface area contributed by atoms with E-state index in [2.05, 4.69) is 18.8 Å². The van der Waals surface area contributed by atoms with Gasteiger partial charge in [0.25, 0.3) is 0 Å². The summed E-state index contributed by atoms with van der Waals surface area (Å²) in [6.45, 7) is 4.31. The fourth-order valence-electron chi connectivity index (χ4n) is 1.34. The van der Waals surface area contributed by atoms with Gasteiger partial charge in [-0.3, -0.25) is 0 Å². The minimum atomic E-state index is 0.285. The number of aromatic hydroxyl groups is 1. The van der Waals surface area contributed by atoms with Gasteiger partial charge in [-0.15, -0.1) is 11.3 Å². The molecule has 3 heteroatoms. The lowest BCUT2D eigenvalue weighted by molar-refractivity contribution is 0.480. The van der Waals surface area contributed by atoms with E-state index in [1.54, 1.807) is 17.4 Å². The molecule has 1 unspecified atom stereocenters. The number of nitrogens with zero attached hydrogens (tertiary/aromatic N) is 1. The summed E-state index contributed by atoms with van der Waals surface area (Å²) in [4.78, 5) is 4.45. The fourth-order valence-corrected chi connectivity index (χ4v) is 2.46. The lowest BCUT2D eigenvalue weighted by Gasteiger charge is -2.00. The molecule has 0 amide bonds. The Kier molecular flexibility index (Phi) is 2.42. The fraction of sp³-hybridized carbons (Fsp3) is 0.364. The number of para-hydroxylation sites is 1. The molecule has 2 nitrogen and oxygen atoms in total. The standard InChI is InChI=1S/C11H13NOS/c1-3-7(2)11-12-10-8(13)5-4-6-9(10)14-11/h4-7,13H,3H2,1-2H3. The van der Waals surface area contributed by atoms with E-state index in [0.717, 1.165) is 21.6 Å². The van der Waals surface area contributed by atoms with Crippen LogP contribution in [0, 0.1) is 0 Å². The molecule has 0 radical (unpaired) electrons. The highest BCUT2D eigenvalue weighted by Crippen LogP contribution is 2.32. The maximum absolute atomic E-state index is 9.58. The zero-order chi connectivity index (χ0) is 10.1. The van der Waals surface area contributed by atoms with Gasteiger partial charge in [0, 0.05) is 5.92 Å². The van der Waals surface area contributed by atoms with E-state index in [-0.39, 0.29) is 5.75 Å². The molecule has 14 heavy (non-hydrogen) atoms. The van der Waals surface area contributed by atoms with Gasteiger partial charge in [-0.05, 0) is 18.6 Å². The molecule has 1 atom stereocenters. The first-order valence-electron chi connectivity index (χ1n) is 4.80. The van der Waals surface area contributed by atoms with Gasteiger partial charge in [0.2, 0.25) is 0 Å². The van der Waals surface area contributed by atoms with Gasteiger partial charge in [0.15, 0.2) is 0 Å². The monoisotopic (exact) mass is 207 g/mol. The number of phenols is 1. The molecule has 1 N–H and O–H groups in total. The second-order valence-corrected chi connectivity index (χ2v) is 4.55. The second-order valence-electron chi connectivity index (χ2n) is 3.49. The van der Waals surface area contributed by atoms with Crippen molar-refractivity contribution in [1.29, 1.82) is 0 Å². The smallest absolute Gasteiger partial charge is 0.142 e. The Morgan fingerprint density at radius 2 is 2.29 bits per heavy atom. The molecule has 0 saturated heterocycles. The Morgan fingerprint density at radius 3 is 2.93 bits per heavy atom. The number of thiazole rings is 1. The quantitative estimate of drug-likeness (QED) is 0.817. The van der Waals surface area contributed by atoms with Crippen LogP contribution in [-0.4, -0.2) is 10.1 Å². The molecule has 74 valence electrons. The number of benzene rings is 1. The summed E-state index contributed by atoms with van der Waals surface area (Å²) in [6, 6.07) is 5.54. The van der Waals surface area contributed by atoms with E-state index >= 15 is 0 Å². The summed E-state index contributed by atoms with van der Waals surface area (Å²) in [5.74, 6) is 0.764. The number of hydrogen-bond donors (Lipinski definition) is 1. The molecule has 1 aromatic carbocycles. The van der Waals surface area contributed by atoms with Crippen LogP contribution in [0.25, 0.3) is 10.2 Å². The van der Waals surface area contributed by atoms with E-state index in [4.69, 9.17) is 0 Å². The summed E-state index contributed by atoms with van der Waals surface area (Å²) in [5.41, 5.74) is 0.743. The normalized spacial score (nSPS) is 13.3. The number of hydrogen-bond acceptors (Lipinski definition) is 3. The van der Waals surface area contributed by atoms with Crippen molar-refractivity contribution in [3.8, 4) is 5.75 Å². The summed E-state index contributed by atoms with van der Waals surface area (Å²) in [6.07, 6.45) is 1.08. The molecule has 0 aliphatic carbocycles. The van der Waals surface area contributed by atoms with Crippen LogP contribution in [0.1, 0.15) is 31.2 Å². The van der Waals surface area contributed by atoms with Crippen LogP contribution in [0.15, 0.2) is 18.2 Å². The highest BCUT2D eigenvalue weighted by atomic mass is 32.1. The first kappa shape index (κ1) is 9.46. The van der Waals surface area contributed by atoms with Crippen LogP contribution in [-0.2, 0) is 0 Å². The summed E-state index contributed by atoms with van der Waals surface area (Å²) in [5, 5.41) is 10.7. The van der Waals surface area contributed by atoms with Gasteiger partial charge in [0.1, 0.15) is 11.3 Å². The van der Waals surface area contributed by atoms with Crippen molar-refractivity contribution in [3.05, 3.63) is 23.2 Å². The summed E-state index contributed by atoms with van der Waals surface area (Å²) >= 11 is 1.67. The Labute approximate surface area is 87.2 Å². The predicted octanol–water partition coefficient (Wildman–Crippen LogP) is 3.52. The molecular formula is C11H13NOS.